The Balaban J connectivity index is 1.08. The molecule has 2 amide bonds. The van der Waals surface area contributed by atoms with Gasteiger partial charge >= 0.3 is 6.03 Å². The van der Waals surface area contributed by atoms with Gasteiger partial charge in [0.15, 0.2) is 0 Å². The molecule has 0 bridgehead atoms. The fourth-order valence-corrected chi connectivity index (χ4v) is 4.91. The molecule has 1 saturated heterocycles. The number of carbonyl (C=O) groups excluding carboxylic acids is 1. The summed E-state index contributed by atoms with van der Waals surface area (Å²) in [6.07, 6.45) is 4.19. The van der Waals surface area contributed by atoms with Gasteiger partial charge in [0.1, 0.15) is 11.6 Å². The lowest BCUT2D eigenvalue weighted by Gasteiger charge is -2.36. The molecule has 3 N–H and O–H groups in total. The van der Waals surface area contributed by atoms with Gasteiger partial charge in [0.05, 0.1) is 6.61 Å². The Morgan fingerprint density at radius 2 is 1.91 bits per heavy atom. The second-order valence-electron chi connectivity index (χ2n) is 9.01. The Kier molecular flexibility index (Phi) is 6.39. The van der Waals surface area contributed by atoms with E-state index in [0.717, 1.165) is 87.5 Å². The maximum Gasteiger partial charge on any atom is 0.320 e. The first-order valence-corrected chi connectivity index (χ1v) is 12.1. The summed E-state index contributed by atoms with van der Waals surface area (Å²) in [5, 5.41) is 1.09. The Labute approximate surface area is 195 Å². The largest absolute Gasteiger partial charge is 0.493 e. The molecule has 3 aromatic rings. The number of para-hydroxylation sites is 1. The van der Waals surface area contributed by atoms with Crippen LogP contribution in [0, 0.1) is 0 Å². The van der Waals surface area contributed by atoms with Crippen molar-refractivity contribution in [1.29, 1.82) is 0 Å². The van der Waals surface area contributed by atoms with E-state index in [4.69, 9.17) is 10.5 Å². The zero-order chi connectivity index (χ0) is 22.6. The lowest BCUT2D eigenvalue weighted by molar-refractivity contribution is 0.249. The number of benzene rings is 2. The van der Waals surface area contributed by atoms with Crippen molar-refractivity contribution in [2.45, 2.75) is 25.7 Å². The van der Waals surface area contributed by atoms with Crippen LogP contribution in [-0.4, -0.2) is 61.8 Å². The highest BCUT2D eigenvalue weighted by Crippen LogP contribution is 2.30. The van der Waals surface area contributed by atoms with Crippen molar-refractivity contribution in [2.75, 3.05) is 55.7 Å². The third-order valence-corrected chi connectivity index (χ3v) is 6.81. The zero-order valence-corrected chi connectivity index (χ0v) is 19.1. The van der Waals surface area contributed by atoms with Gasteiger partial charge < -0.3 is 20.4 Å². The number of carbonyl (C=O) groups is 1. The van der Waals surface area contributed by atoms with E-state index in [1.807, 2.05) is 30.3 Å². The minimum Gasteiger partial charge on any atom is -0.493 e. The van der Waals surface area contributed by atoms with Gasteiger partial charge in [-0.25, -0.2) is 4.79 Å². The van der Waals surface area contributed by atoms with Gasteiger partial charge in [-0.05, 0) is 56.0 Å². The van der Waals surface area contributed by atoms with Gasteiger partial charge in [-0.15, -0.1) is 0 Å². The van der Waals surface area contributed by atoms with Gasteiger partial charge in [-0.1, -0.05) is 24.3 Å². The highest BCUT2D eigenvalue weighted by atomic mass is 16.5. The number of fused-ring (bicyclic) bond motifs is 2. The van der Waals surface area contributed by atoms with Crippen LogP contribution in [0.3, 0.4) is 0 Å². The molecule has 3 heterocycles. The molecule has 0 spiro atoms. The van der Waals surface area contributed by atoms with E-state index in [9.17, 15) is 4.79 Å². The number of primary amides is 1. The number of nitrogens with two attached hydrogens (primary N) is 1. The van der Waals surface area contributed by atoms with Crippen LogP contribution in [0.15, 0.2) is 48.5 Å². The molecule has 2 aliphatic heterocycles. The number of amides is 2. The number of nitrogens with one attached hydrogen (secondary N) is 1. The first kappa shape index (κ1) is 21.6. The van der Waals surface area contributed by atoms with Gasteiger partial charge in [0.25, 0.3) is 0 Å². The number of urea groups is 1. The SMILES string of the molecule is NC(=O)N(CCCCN1CCN(c2ccc3c(c2)OCCC3)CC1)c1cc2ccccc2[nH]1. The van der Waals surface area contributed by atoms with Crippen molar-refractivity contribution in [1.82, 2.24) is 9.88 Å². The molecule has 7 nitrogen and oxygen atoms in total. The predicted octanol–water partition coefficient (Wildman–Crippen LogP) is 3.98. The number of anilines is 2. The highest BCUT2D eigenvalue weighted by Gasteiger charge is 2.20. The molecule has 7 heteroatoms. The Bertz CT molecular complexity index is 1070. The van der Waals surface area contributed by atoms with Crippen LogP contribution in [0.2, 0.25) is 0 Å². The first-order chi connectivity index (χ1) is 16.2. The van der Waals surface area contributed by atoms with Gasteiger partial charge in [-0.2, -0.15) is 0 Å². The van der Waals surface area contributed by atoms with Gasteiger partial charge in [0, 0.05) is 55.4 Å². The quantitative estimate of drug-likeness (QED) is 0.537. The number of aromatic amines is 1. The standard InChI is InChI=1S/C26H33N5O2/c27-26(32)31(25-18-21-6-1-2-8-23(21)28-25)12-4-3-11-29-13-15-30(16-14-29)22-10-9-20-7-5-17-33-24(20)19-22/h1-2,6,8-10,18-19,28H,3-5,7,11-17H2,(H2,27,32). The van der Waals surface area contributed by atoms with E-state index >= 15 is 0 Å². The average Bonchev–Trinajstić information content (AvgIpc) is 3.27. The molecule has 0 radical (unpaired) electrons. The lowest BCUT2D eigenvalue weighted by atomic mass is 10.1. The van der Waals surface area contributed by atoms with Crippen molar-refractivity contribution >= 4 is 28.4 Å². The average molecular weight is 448 g/mol. The normalized spacial score (nSPS) is 16.4. The number of aryl methyl sites for hydroxylation is 1. The van der Waals surface area contributed by atoms with E-state index in [0.29, 0.717) is 6.54 Å². The van der Waals surface area contributed by atoms with Crippen molar-refractivity contribution in [3.05, 3.63) is 54.1 Å². The summed E-state index contributed by atoms with van der Waals surface area (Å²) in [6.45, 7) is 6.66. The number of piperazine rings is 1. The number of ether oxygens (including phenoxy) is 1. The van der Waals surface area contributed by atoms with Gasteiger partial charge in [-0.3, -0.25) is 9.80 Å². The number of H-pyrrole nitrogens is 1. The van der Waals surface area contributed by atoms with E-state index in [1.165, 1.54) is 11.3 Å². The molecule has 2 aliphatic rings. The predicted molar refractivity (Wildman–Crippen MR) is 133 cm³/mol. The summed E-state index contributed by atoms with van der Waals surface area (Å²) in [5.41, 5.74) is 9.29. The van der Waals surface area contributed by atoms with Crippen LogP contribution in [0.25, 0.3) is 10.9 Å². The minimum atomic E-state index is -0.413. The summed E-state index contributed by atoms with van der Waals surface area (Å²) in [4.78, 5) is 22.0. The van der Waals surface area contributed by atoms with Crippen LogP contribution in [0.1, 0.15) is 24.8 Å². The topological polar surface area (TPSA) is 77.8 Å². The molecular formula is C26H33N5O2. The number of aromatic nitrogens is 1. The Hall–Kier alpha value is -3.19. The Morgan fingerprint density at radius 1 is 1.06 bits per heavy atom. The third kappa shape index (κ3) is 4.93. The summed E-state index contributed by atoms with van der Waals surface area (Å²) in [5.74, 6) is 1.83. The molecule has 0 aliphatic carbocycles. The second-order valence-corrected chi connectivity index (χ2v) is 9.01. The highest BCUT2D eigenvalue weighted by molar-refractivity contribution is 5.94. The molecule has 5 rings (SSSR count). The fraction of sp³-hybridized carbons (Fsp3) is 0.423. The van der Waals surface area contributed by atoms with E-state index in [2.05, 4.69) is 33.0 Å². The van der Waals surface area contributed by atoms with E-state index < -0.39 is 6.03 Å². The maximum absolute atomic E-state index is 12.0. The molecule has 33 heavy (non-hydrogen) atoms. The number of hydrogen-bond donors (Lipinski definition) is 2. The van der Waals surface area contributed by atoms with Crippen LogP contribution in [0.5, 0.6) is 5.75 Å². The molecule has 0 saturated carbocycles. The molecular weight excluding hydrogens is 414 g/mol. The van der Waals surface area contributed by atoms with Crippen LogP contribution >= 0.6 is 0 Å². The summed E-state index contributed by atoms with van der Waals surface area (Å²) < 4.78 is 5.85. The van der Waals surface area contributed by atoms with Crippen molar-refractivity contribution < 1.29 is 9.53 Å². The number of hydrogen-bond acceptors (Lipinski definition) is 4. The lowest BCUT2D eigenvalue weighted by Crippen LogP contribution is -2.46. The molecule has 2 aromatic carbocycles. The molecule has 174 valence electrons. The van der Waals surface area contributed by atoms with Crippen molar-refractivity contribution in [2.24, 2.45) is 5.73 Å². The van der Waals surface area contributed by atoms with Crippen LogP contribution in [0.4, 0.5) is 16.3 Å². The molecule has 1 aromatic heterocycles. The van der Waals surface area contributed by atoms with Gasteiger partial charge in [0.2, 0.25) is 0 Å². The number of nitrogens with zero attached hydrogens (tertiary/aromatic N) is 3. The zero-order valence-electron chi connectivity index (χ0n) is 19.1. The first-order valence-electron chi connectivity index (χ1n) is 12.1. The van der Waals surface area contributed by atoms with Crippen molar-refractivity contribution in [3.63, 3.8) is 0 Å². The fourth-order valence-electron chi connectivity index (χ4n) is 4.91. The Morgan fingerprint density at radius 3 is 2.73 bits per heavy atom. The summed E-state index contributed by atoms with van der Waals surface area (Å²) in [6, 6.07) is 16.3. The maximum atomic E-state index is 12.0. The second kappa shape index (κ2) is 9.75. The van der Waals surface area contributed by atoms with Crippen LogP contribution < -0.4 is 20.3 Å². The molecule has 0 unspecified atom stereocenters. The van der Waals surface area contributed by atoms with E-state index in [-0.39, 0.29) is 0 Å². The number of unbranched alkanes of at least 4 members (excludes halogenated alkanes) is 1. The monoisotopic (exact) mass is 447 g/mol. The van der Waals surface area contributed by atoms with Crippen LogP contribution in [-0.2, 0) is 6.42 Å². The minimum absolute atomic E-state index is 0.413. The van der Waals surface area contributed by atoms with E-state index in [1.54, 1.807) is 4.90 Å². The molecule has 0 atom stereocenters. The van der Waals surface area contributed by atoms with Crippen molar-refractivity contribution in [3.8, 4) is 5.75 Å². The molecule has 1 fully saturated rings. The summed E-state index contributed by atoms with van der Waals surface area (Å²) >= 11 is 0. The third-order valence-electron chi connectivity index (χ3n) is 6.81. The number of rotatable bonds is 7. The summed E-state index contributed by atoms with van der Waals surface area (Å²) in [7, 11) is 0. The smallest absolute Gasteiger partial charge is 0.320 e.